The van der Waals surface area contributed by atoms with Crippen molar-refractivity contribution in [2.75, 3.05) is 9.80 Å². The van der Waals surface area contributed by atoms with Gasteiger partial charge in [-0.25, -0.2) is 9.97 Å². The highest BCUT2D eigenvalue weighted by atomic mass is 15.2. The number of fused-ring (bicyclic) bond motifs is 11. The number of hydrogen-bond acceptors (Lipinski definition) is 4. The maximum Gasteiger partial charge on any atom is 0.138 e. The van der Waals surface area contributed by atoms with Gasteiger partial charge in [-0.15, -0.1) is 0 Å². The molecule has 2 aromatic heterocycles. The minimum atomic E-state index is -0.211. The molecule has 0 aliphatic heterocycles. The zero-order chi connectivity index (χ0) is 57.9. The first-order chi connectivity index (χ1) is 41.1. The van der Waals surface area contributed by atoms with Crippen LogP contribution in [0.25, 0.3) is 79.5 Å². The molecule has 0 N–H and O–H groups in total. The Morgan fingerprint density at radius 3 is 0.894 bits per heavy atom. The summed E-state index contributed by atoms with van der Waals surface area (Å²) in [4.78, 5) is 15.0. The van der Waals surface area contributed by atoms with Gasteiger partial charge < -0.3 is 0 Å². The van der Waals surface area contributed by atoms with E-state index in [4.69, 9.17) is 9.97 Å². The van der Waals surface area contributed by atoms with Crippen molar-refractivity contribution in [1.82, 2.24) is 9.97 Å². The van der Waals surface area contributed by atoms with Crippen LogP contribution < -0.4 is 9.80 Å². The quantitative estimate of drug-likeness (QED) is 0.128. The number of aryl methyl sites for hydroxylation is 2. The molecule has 0 amide bonds. The van der Waals surface area contributed by atoms with Crippen LogP contribution in [0.15, 0.2) is 231 Å². The minimum Gasteiger partial charge on any atom is -0.295 e. The van der Waals surface area contributed by atoms with E-state index in [-0.39, 0.29) is 16.2 Å². The number of para-hydroxylation sites is 2. The zero-order valence-corrected chi connectivity index (χ0v) is 49.5. The number of aromatic nitrogens is 2. The molecule has 0 atom stereocenters. The van der Waals surface area contributed by atoms with Crippen molar-refractivity contribution in [3.63, 3.8) is 0 Å². The molecule has 4 nitrogen and oxygen atoms in total. The second kappa shape index (κ2) is 19.6. The Morgan fingerprint density at radius 2 is 0.565 bits per heavy atom. The molecule has 4 heteroatoms. The highest BCUT2D eigenvalue weighted by Gasteiger charge is 2.39. The molecule has 2 heterocycles. The van der Waals surface area contributed by atoms with E-state index in [2.05, 4.69) is 320 Å². The third kappa shape index (κ3) is 8.73. The highest BCUT2D eigenvalue weighted by molar-refractivity contribution is 5.92. The van der Waals surface area contributed by atoms with Gasteiger partial charge in [0, 0.05) is 49.8 Å². The van der Waals surface area contributed by atoms with E-state index in [0.29, 0.717) is 0 Å². The molecule has 0 unspecified atom stereocenters. The zero-order valence-electron chi connectivity index (χ0n) is 49.5. The van der Waals surface area contributed by atoms with E-state index in [0.717, 1.165) is 56.2 Å². The molecule has 0 bridgehead atoms. The summed E-state index contributed by atoms with van der Waals surface area (Å²) < 4.78 is 0. The van der Waals surface area contributed by atoms with E-state index in [1.54, 1.807) is 0 Å². The fourth-order valence-electron chi connectivity index (χ4n) is 13.9. The maximum atomic E-state index is 5.19. The third-order valence-electron chi connectivity index (χ3n) is 18.8. The average molecular weight is 1100 g/mol. The minimum absolute atomic E-state index is 0.165. The Labute approximate surface area is 499 Å². The van der Waals surface area contributed by atoms with Gasteiger partial charge in [0.05, 0.1) is 11.0 Å². The average Bonchev–Trinajstić information content (AvgIpc) is 1.96. The molecule has 3 aliphatic rings. The van der Waals surface area contributed by atoms with E-state index in [1.165, 1.54) is 100 Å². The molecule has 410 valence electrons. The molecule has 15 rings (SSSR count). The van der Waals surface area contributed by atoms with Crippen LogP contribution in [0.2, 0.25) is 0 Å². The number of anilines is 6. The molecule has 0 saturated carbocycles. The maximum absolute atomic E-state index is 5.19. The normalized spacial score (nSPS) is 14.5. The Kier molecular flexibility index (Phi) is 12.0. The van der Waals surface area contributed by atoms with Gasteiger partial charge in [0.15, 0.2) is 0 Å². The molecule has 0 radical (unpaired) electrons. The summed E-state index contributed by atoms with van der Waals surface area (Å²) in [5.74, 6) is 1.80. The predicted octanol–water partition coefficient (Wildman–Crippen LogP) is 21.6. The largest absolute Gasteiger partial charge is 0.295 e. The second-order valence-corrected chi connectivity index (χ2v) is 25.3. The Balaban J connectivity index is 0.666. The van der Waals surface area contributed by atoms with Gasteiger partial charge >= 0.3 is 0 Å². The molecule has 10 aromatic carbocycles. The fourth-order valence-corrected chi connectivity index (χ4v) is 13.9. The van der Waals surface area contributed by atoms with Crippen LogP contribution in [0.4, 0.5) is 34.4 Å². The van der Waals surface area contributed by atoms with Crippen LogP contribution >= 0.6 is 0 Å². The monoisotopic (exact) mass is 1090 g/mol. The van der Waals surface area contributed by atoms with Gasteiger partial charge in [0.1, 0.15) is 11.6 Å². The van der Waals surface area contributed by atoms with Gasteiger partial charge in [-0.05, 0) is 188 Å². The summed E-state index contributed by atoms with van der Waals surface area (Å²) >= 11 is 0. The lowest BCUT2D eigenvalue weighted by Crippen LogP contribution is -2.17. The summed E-state index contributed by atoms with van der Waals surface area (Å²) in [5.41, 5.74) is 28.9. The van der Waals surface area contributed by atoms with Crippen LogP contribution in [0.1, 0.15) is 108 Å². The highest BCUT2D eigenvalue weighted by Crippen LogP contribution is 2.54. The van der Waals surface area contributed by atoms with E-state index >= 15 is 0 Å². The van der Waals surface area contributed by atoms with E-state index < -0.39 is 0 Å². The Morgan fingerprint density at radius 1 is 0.282 bits per heavy atom. The summed E-state index contributed by atoms with van der Waals surface area (Å²) in [6.45, 7) is 18.5. The van der Waals surface area contributed by atoms with Crippen molar-refractivity contribution in [2.45, 2.75) is 71.6 Å². The Bertz CT molecular complexity index is 4460. The van der Waals surface area contributed by atoms with Crippen molar-refractivity contribution in [1.29, 1.82) is 0 Å². The standard InChI is InChI=1S/C81H66N4/c1-51-17-31-59(32-18-51)84(77-43-29-57-13-9-11-15-75(57)82-77)61-35-41-67-65-39-27-55(47-71(65)80(5,6)73(67)49-61)23-21-53-25-37-63-64-38-26-54(46-70(64)79(3,4)69(63)45-53)22-24-56-28-40-66-68-42-36-62(50-74(68)81(7,8)72(66)48-56)85(60-33-19-52(2)20-34-60)78-44-30-58-14-10-12-16-76(58)83-78/h9-50H,1-8H3/b23-21+,24-22+. The summed E-state index contributed by atoms with van der Waals surface area (Å²) in [6.07, 6.45) is 9.15. The van der Waals surface area contributed by atoms with Crippen LogP contribution in [0.5, 0.6) is 0 Å². The number of pyridine rings is 2. The lowest BCUT2D eigenvalue weighted by Gasteiger charge is -2.27. The molecular weight excluding hydrogens is 1030 g/mol. The fraction of sp³-hybridized carbons (Fsp3) is 0.136. The molecule has 0 fully saturated rings. The lowest BCUT2D eigenvalue weighted by molar-refractivity contribution is 0.660. The molecule has 3 aliphatic carbocycles. The van der Waals surface area contributed by atoms with E-state index in [1.807, 2.05) is 0 Å². The third-order valence-corrected chi connectivity index (χ3v) is 18.8. The lowest BCUT2D eigenvalue weighted by atomic mass is 9.81. The van der Waals surface area contributed by atoms with Crippen molar-refractivity contribution in [3.8, 4) is 33.4 Å². The topological polar surface area (TPSA) is 32.3 Å². The molecule has 12 aromatic rings. The molecule has 85 heavy (non-hydrogen) atoms. The summed E-state index contributed by atoms with van der Waals surface area (Å²) in [6, 6.07) is 84.8. The first-order valence-corrected chi connectivity index (χ1v) is 29.9. The second-order valence-electron chi connectivity index (χ2n) is 25.3. The van der Waals surface area contributed by atoms with Crippen molar-refractivity contribution >= 4 is 80.5 Å². The first kappa shape index (κ1) is 51.9. The summed E-state index contributed by atoms with van der Waals surface area (Å²) in [5, 5.41) is 2.26. The van der Waals surface area contributed by atoms with Crippen LogP contribution in [-0.4, -0.2) is 9.97 Å². The van der Waals surface area contributed by atoms with Crippen LogP contribution in [0.3, 0.4) is 0 Å². The smallest absolute Gasteiger partial charge is 0.138 e. The molecule has 0 saturated heterocycles. The van der Waals surface area contributed by atoms with Crippen LogP contribution in [-0.2, 0) is 16.2 Å². The number of rotatable bonds is 10. The Hall–Kier alpha value is -9.90. The van der Waals surface area contributed by atoms with Crippen LogP contribution in [0, 0.1) is 13.8 Å². The van der Waals surface area contributed by atoms with Crippen molar-refractivity contribution < 1.29 is 0 Å². The van der Waals surface area contributed by atoms with Crippen molar-refractivity contribution in [3.05, 3.63) is 297 Å². The molecule has 0 spiro atoms. The SMILES string of the molecule is Cc1ccc(N(c2ccc3c(c2)C(C)(C)c2cc(/C=C/c4ccc5c(c4)C(C)(C)c4cc(/C=C/c6ccc7c(c6)C(C)(C)c6cc(N(c8ccc(C)cc8)c8ccc9ccccc9n8)ccc6-7)ccc4-5)ccc2-3)c2ccc3ccccc3n2)cc1. The number of nitrogens with zero attached hydrogens (tertiary/aromatic N) is 4. The molecular formula is C81H66N4. The number of hydrogen-bond donors (Lipinski definition) is 0. The summed E-state index contributed by atoms with van der Waals surface area (Å²) in [7, 11) is 0. The van der Waals surface area contributed by atoms with E-state index in [9.17, 15) is 0 Å². The van der Waals surface area contributed by atoms with Gasteiger partial charge in [-0.3, -0.25) is 9.80 Å². The number of benzene rings is 10. The van der Waals surface area contributed by atoms with Gasteiger partial charge in [-0.2, -0.15) is 0 Å². The van der Waals surface area contributed by atoms with Gasteiger partial charge in [-0.1, -0.05) is 223 Å². The van der Waals surface area contributed by atoms with Gasteiger partial charge in [0.25, 0.3) is 0 Å². The predicted molar refractivity (Wildman–Crippen MR) is 359 cm³/mol. The van der Waals surface area contributed by atoms with Gasteiger partial charge in [0.2, 0.25) is 0 Å². The first-order valence-electron chi connectivity index (χ1n) is 29.9. The van der Waals surface area contributed by atoms with Crippen molar-refractivity contribution in [2.24, 2.45) is 0 Å².